The van der Waals surface area contributed by atoms with Gasteiger partial charge in [-0.15, -0.1) is 0 Å². The SMILES string of the molecule is C1CCSCCSCCCSC1. The van der Waals surface area contributed by atoms with Crippen LogP contribution < -0.4 is 0 Å². The van der Waals surface area contributed by atoms with Crippen molar-refractivity contribution in [3.8, 4) is 0 Å². The van der Waals surface area contributed by atoms with Crippen LogP contribution in [0, 0.1) is 0 Å². The highest BCUT2D eigenvalue weighted by Gasteiger charge is 1.96. The Labute approximate surface area is 89.0 Å². The van der Waals surface area contributed by atoms with Crippen molar-refractivity contribution in [2.24, 2.45) is 0 Å². The Bertz CT molecular complexity index is 52.8. The molecule has 0 N–H and O–H groups in total. The summed E-state index contributed by atoms with van der Waals surface area (Å²) in [5.41, 5.74) is 0. The van der Waals surface area contributed by atoms with Gasteiger partial charge in [0.1, 0.15) is 0 Å². The van der Waals surface area contributed by atoms with Crippen LogP contribution in [0.25, 0.3) is 0 Å². The molecule has 0 saturated carbocycles. The van der Waals surface area contributed by atoms with Gasteiger partial charge in [0.15, 0.2) is 0 Å². The van der Waals surface area contributed by atoms with Crippen LogP contribution in [0.3, 0.4) is 0 Å². The second-order valence-electron chi connectivity index (χ2n) is 2.90. The molecule has 0 bridgehead atoms. The molecule has 72 valence electrons. The van der Waals surface area contributed by atoms with Crippen molar-refractivity contribution in [1.29, 1.82) is 0 Å². The minimum absolute atomic E-state index is 1.37. The van der Waals surface area contributed by atoms with E-state index in [0.29, 0.717) is 0 Å². The lowest BCUT2D eigenvalue weighted by molar-refractivity contribution is 0.905. The maximum absolute atomic E-state index is 2.15. The Hall–Kier alpha value is 1.05. The average molecular weight is 222 g/mol. The van der Waals surface area contributed by atoms with E-state index in [9.17, 15) is 0 Å². The standard InChI is InChI=1S/C9H18S3/c1-2-5-11-8-9-12-7-3-6-10-4-1/h1-9H2. The predicted molar refractivity (Wildman–Crippen MR) is 65.8 cm³/mol. The first kappa shape index (κ1) is 11.1. The van der Waals surface area contributed by atoms with Crippen LogP contribution in [0.5, 0.6) is 0 Å². The fourth-order valence-corrected chi connectivity index (χ4v) is 4.35. The monoisotopic (exact) mass is 222 g/mol. The Morgan fingerprint density at radius 1 is 0.417 bits per heavy atom. The molecule has 0 spiro atoms. The summed E-state index contributed by atoms with van der Waals surface area (Å²) in [6, 6.07) is 0. The van der Waals surface area contributed by atoms with Crippen molar-refractivity contribution in [3.05, 3.63) is 0 Å². The molecule has 12 heavy (non-hydrogen) atoms. The zero-order valence-electron chi connectivity index (χ0n) is 7.59. The van der Waals surface area contributed by atoms with Crippen molar-refractivity contribution in [2.45, 2.75) is 19.3 Å². The highest BCUT2D eigenvalue weighted by atomic mass is 32.2. The highest BCUT2D eigenvalue weighted by molar-refractivity contribution is 8.03. The van der Waals surface area contributed by atoms with Gasteiger partial charge in [0.05, 0.1) is 0 Å². The molecule has 1 aliphatic rings. The number of rotatable bonds is 0. The smallest absolute Gasteiger partial charge is 0.00235 e. The Kier molecular flexibility index (Phi) is 8.01. The summed E-state index contributed by atoms with van der Waals surface area (Å²) >= 11 is 6.42. The molecule has 0 radical (unpaired) electrons. The van der Waals surface area contributed by atoms with Crippen molar-refractivity contribution < 1.29 is 0 Å². The van der Waals surface area contributed by atoms with Crippen molar-refractivity contribution in [3.63, 3.8) is 0 Å². The predicted octanol–water partition coefficient (Wildman–Crippen LogP) is 3.37. The summed E-state index contributed by atoms with van der Waals surface area (Å²) in [6.07, 6.45) is 4.28. The third-order valence-electron chi connectivity index (χ3n) is 1.78. The first-order valence-electron chi connectivity index (χ1n) is 4.73. The van der Waals surface area contributed by atoms with E-state index >= 15 is 0 Å². The zero-order chi connectivity index (χ0) is 8.49. The molecular weight excluding hydrogens is 204 g/mol. The highest BCUT2D eigenvalue weighted by Crippen LogP contribution is 2.15. The van der Waals surface area contributed by atoms with E-state index in [1.807, 2.05) is 0 Å². The summed E-state index contributed by atoms with van der Waals surface area (Å²) in [7, 11) is 0. The van der Waals surface area contributed by atoms with Gasteiger partial charge in [-0.05, 0) is 42.3 Å². The molecule has 1 aliphatic heterocycles. The fourth-order valence-electron chi connectivity index (χ4n) is 1.10. The molecule has 0 aliphatic carbocycles. The number of hydrogen-bond donors (Lipinski definition) is 0. The fraction of sp³-hybridized carbons (Fsp3) is 1.00. The molecule has 1 fully saturated rings. The molecule has 0 unspecified atom stereocenters. The molecule has 0 nitrogen and oxygen atoms in total. The third kappa shape index (κ3) is 6.55. The van der Waals surface area contributed by atoms with Gasteiger partial charge >= 0.3 is 0 Å². The van der Waals surface area contributed by atoms with Crippen LogP contribution in [-0.4, -0.2) is 34.5 Å². The number of thioether (sulfide) groups is 3. The van der Waals surface area contributed by atoms with Crippen molar-refractivity contribution in [2.75, 3.05) is 34.5 Å². The van der Waals surface area contributed by atoms with Gasteiger partial charge < -0.3 is 0 Å². The Morgan fingerprint density at radius 3 is 1.42 bits per heavy atom. The average Bonchev–Trinajstić information content (AvgIpc) is 2.05. The summed E-state index contributed by atoms with van der Waals surface area (Å²) in [4.78, 5) is 0. The maximum Gasteiger partial charge on any atom is 0.00235 e. The van der Waals surface area contributed by atoms with Gasteiger partial charge in [0.2, 0.25) is 0 Å². The minimum atomic E-state index is 1.37. The summed E-state index contributed by atoms with van der Waals surface area (Å²) in [5, 5.41) is 0. The first-order valence-corrected chi connectivity index (χ1v) is 8.20. The van der Waals surface area contributed by atoms with Gasteiger partial charge in [-0.3, -0.25) is 0 Å². The Morgan fingerprint density at radius 2 is 0.833 bits per heavy atom. The van der Waals surface area contributed by atoms with Crippen molar-refractivity contribution in [1.82, 2.24) is 0 Å². The van der Waals surface area contributed by atoms with Gasteiger partial charge in [0, 0.05) is 11.5 Å². The van der Waals surface area contributed by atoms with Gasteiger partial charge in [0.25, 0.3) is 0 Å². The van der Waals surface area contributed by atoms with Crippen molar-refractivity contribution >= 4 is 35.3 Å². The molecular formula is C9H18S3. The molecule has 0 aromatic rings. The zero-order valence-corrected chi connectivity index (χ0v) is 10.0. The molecule has 0 aromatic carbocycles. The first-order chi connectivity index (χ1) is 6.00. The summed E-state index contributed by atoms with van der Waals surface area (Å²) in [6.45, 7) is 0. The lowest BCUT2D eigenvalue weighted by Gasteiger charge is -2.05. The number of hydrogen-bond acceptors (Lipinski definition) is 3. The third-order valence-corrected chi connectivity index (χ3v) is 5.33. The van der Waals surface area contributed by atoms with Crippen LogP contribution in [0.2, 0.25) is 0 Å². The van der Waals surface area contributed by atoms with E-state index < -0.39 is 0 Å². The van der Waals surface area contributed by atoms with Gasteiger partial charge in [-0.2, -0.15) is 35.3 Å². The molecule has 1 rings (SSSR count). The maximum atomic E-state index is 2.15. The molecule has 3 heteroatoms. The minimum Gasteiger partial charge on any atom is -0.162 e. The van der Waals surface area contributed by atoms with E-state index in [-0.39, 0.29) is 0 Å². The lowest BCUT2D eigenvalue weighted by atomic mass is 10.4. The quantitative estimate of drug-likeness (QED) is 0.617. The van der Waals surface area contributed by atoms with Gasteiger partial charge in [-0.25, -0.2) is 0 Å². The second kappa shape index (κ2) is 8.64. The lowest BCUT2D eigenvalue weighted by Crippen LogP contribution is -1.94. The van der Waals surface area contributed by atoms with E-state index in [2.05, 4.69) is 35.3 Å². The van der Waals surface area contributed by atoms with E-state index in [1.165, 1.54) is 53.8 Å². The topological polar surface area (TPSA) is 0 Å². The molecule has 1 heterocycles. The van der Waals surface area contributed by atoms with Crippen LogP contribution in [0.1, 0.15) is 19.3 Å². The molecule has 1 saturated heterocycles. The normalized spacial score (nSPS) is 24.0. The van der Waals surface area contributed by atoms with Crippen LogP contribution in [0.15, 0.2) is 0 Å². The summed E-state index contributed by atoms with van der Waals surface area (Å²) in [5.74, 6) is 8.30. The Balaban J connectivity index is 2.00. The van der Waals surface area contributed by atoms with E-state index in [4.69, 9.17) is 0 Å². The largest absolute Gasteiger partial charge is 0.162 e. The van der Waals surface area contributed by atoms with E-state index in [0.717, 1.165) is 0 Å². The van der Waals surface area contributed by atoms with Gasteiger partial charge in [-0.1, -0.05) is 0 Å². The van der Waals surface area contributed by atoms with Crippen LogP contribution in [-0.2, 0) is 0 Å². The molecule has 0 amide bonds. The summed E-state index contributed by atoms with van der Waals surface area (Å²) < 4.78 is 0. The second-order valence-corrected chi connectivity index (χ2v) is 6.57. The van der Waals surface area contributed by atoms with Crippen LogP contribution in [0.4, 0.5) is 0 Å². The van der Waals surface area contributed by atoms with E-state index in [1.54, 1.807) is 0 Å². The van der Waals surface area contributed by atoms with Crippen LogP contribution >= 0.6 is 35.3 Å². The molecule has 0 aromatic heterocycles. The molecule has 0 atom stereocenters.